The predicted octanol–water partition coefficient (Wildman–Crippen LogP) is 6.76. The zero-order valence-electron chi connectivity index (χ0n) is 23.9. The maximum absolute atomic E-state index is 12.6. The normalized spacial score (nSPS) is 17.1. The number of hydrogen-bond donors (Lipinski definition) is 3. The molecule has 1 aliphatic heterocycles. The number of imidazole rings is 2. The first-order valence-electron chi connectivity index (χ1n) is 13.9. The second-order valence-electron chi connectivity index (χ2n) is 12.1. The summed E-state index contributed by atoms with van der Waals surface area (Å²) in [6.45, 7) is 11.1. The number of likely N-dealkylation sites (tertiary alicyclic amines) is 1. The van der Waals surface area contributed by atoms with E-state index in [9.17, 15) is 4.79 Å². The van der Waals surface area contributed by atoms with Crippen LogP contribution in [0.25, 0.3) is 33.6 Å². The molecule has 1 aliphatic rings. The van der Waals surface area contributed by atoms with Crippen molar-refractivity contribution in [3.05, 3.63) is 72.6 Å². The first-order valence-corrected chi connectivity index (χ1v) is 13.9. The van der Waals surface area contributed by atoms with Gasteiger partial charge in [0, 0.05) is 5.41 Å². The fraction of sp³-hybridized carbons (Fsp3) is 0.406. The second kappa shape index (κ2) is 10.8. The fourth-order valence-electron chi connectivity index (χ4n) is 5.14. The number of aromatic amines is 2. The Hall–Kier alpha value is -3.71. The SMILES string of the molecule is CC(C)[C@H](NC(=O)C(C)(C)C)c1ncc(-c2ccc(-c3ccc(-c4cnc([C@@H]5CCCN5C)[nH]4)cc3)cc2)[nH]1. The summed E-state index contributed by atoms with van der Waals surface area (Å²) >= 11 is 0. The van der Waals surface area contributed by atoms with Crippen molar-refractivity contribution >= 4 is 5.91 Å². The Labute approximate surface area is 231 Å². The number of amides is 1. The van der Waals surface area contributed by atoms with E-state index in [4.69, 9.17) is 0 Å². The molecule has 0 spiro atoms. The van der Waals surface area contributed by atoms with Gasteiger partial charge in [-0.1, -0.05) is 83.1 Å². The van der Waals surface area contributed by atoms with Gasteiger partial charge in [-0.3, -0.25) is 9.69 Å². The lowest BCUT2D eigenvalue weighted by Crippen LogP contribution is -2.39. The van der Waals surface area contributed by atoms with Crippen molar-refractivity contribution in [2.24, 2.45) is 11.3 Å². The van der Waals surface area contributed by atoms with Crippen molar-refractivity contribution in [3.8, 4) is 33.6 Å². The van der Waals surface area contributed by atoms with Gasteiger partial charge in [0.25, 0.3) is 0 Å². The van der Waals surface area contributed by atoms with E-state index in [1.807, 2.05) is 33.2 Å². The Morgan fingerprint density at radius 3 is 1.95 bits per heavy atom. The molecule has 1 saturated heterocycles. The van der Waals surface area contributed by atoms with Gasteiger partial charge in [-0.15, -0.1) is 0 Å². The summed E-state index contributed by atoms with van der Waals surface area (Å²) in [4.78, 5) is 31.2. The molecule has 2 atom stereocenters. The van der Waals surface area contributed by atoms with E-state index in [1.54, 1.807) is 0 Å². The number of carbonyl (C=O) groups is 1. The second-order valence-corrected chi connectivity index (χ2v) is 12.1. The average molecular weight is 525 g/mol. The molecule has 2 aromatic carbocycles. The number of hydrogen-bond acceptors (Lipinski definition) is 4. The van der Waals surface area contributed by atoms with Crippen LogP contribution in [0.5, 0.6) is 0 Å². The number of benzene rings is 2. The predicted molar refractivity (Wildman–Crippen MR) is 157 cm³/mol. The third kappa shape index (κ3) is 5.83. The van der Waals surface area contributed by atoms with Crippen molar-refractivity contribution in [2.75, 3.05) is 13.6 Å². The number of rotatable bonds is 7. The standard InChI is InChI=1S/C32H40N6O/c1-20(2)28(37-31(39)32(3,4)5)30-34-19-26(36-30)24-15-11-22(12-16-24)21-9-13-23(14-10-21)25-18-33-29(35-25)27-8-7-17-38(27)6/h9-16,18-20,27-28H,7-8,17H2,1-6H3,(H,33,35)(H,34,36)(H,37,39)/t27-,28-/m0/s1. The monoisotopic (exact) mass is 524 g/mol. The van der Waals surface area contributed by atoms with Crippen molar-refractivity contribution in [3.63, 3.8) is 0 Å². The van der Waals surface area contributed by atoms with Crippen LogP contribution in [0.2, 0.25) is 0 Å². The van der Waals surface area contributed by atoms with E-state index in [2.05, 4.69) is 99.6 Å². The van der Waals surface area contributed by atoms with Crippen molar-refractivity contribution in [1.82, 2.24) is 30.2 Å². The third-order valence-electron chi connectivity index (χ3n) is 7.68. The highest BCUT2D eigenvalue weighted by molar-refractivity contribution is 5.81. The van der Waals surface area contributed by atoms with Crippen LogP contribution in [0.3, 0.4) is 0 Å². The van der Waals surface area contributed by atoms with Crippen LogP contribution in [0.4, 0.5) is 0 Å². The molecule has 0 unspecified atom stereocenters. The maximum Gasteiger partial charge on any atom is 0.225 e. The first kappa shape index (κ1) is 26.9. The molecular weight excluding hydrogens is 484 g/mol. The molecule has 0 saturated carbocycles. The van der Waals surface area contributed by atoms with E-state index in [-0.39, 0.29) is 17.9 Å². The van der Waals surface area contributed by atoms with Gasteiger partial charge in [0.05, 0.1) is 35.9 Å². The minimum absolute atomic E-state index is 0.0175. The van der Waals surface area contributed by atoms with E-state index in [0.717, 1.165) is 58.3 Å². The third-order valence-corrected chi connectivity index (χ3v) is 7.68. The van der Waals surface area contributed by atoms with Crippen molar-refractivity contribution in [1.29, 1.82) is 0 Å². The summed E-state index contributed by atoms with van der Waals surface area (Å²) in [6, 6.07) is 17.3. The average Bonchev–Trinajstić information content (AvgIpc) is 3.68. The number of aromatic nitrogens is 4. The molecule has 4 aromatic rings. The quantitative estimate of drug-likeness (QED) is 0.249. The lowest BCUT2D eigenvalue weighted by molar-refractivity contribution is -0.129. The Morgan fingerprint density at radius 2 is 1.44 bits per heavy atom. The largest absolute Gasteiger partial charge is 0.345 e. The van der Waals surface area contributed by atoms with E-state index in [1.165, 1.54) is 6.42 Å². The van der Waals surface area contributed by atoms with Gasteiger partial charge in [-0.05, 0) is 54.6 Å². The molecule has 7 heteroatoms. The van der Waals surface area contributed by atoms with E-state index >= 15 is 0 Å². The molecule has 1 amide bonds. The van der Waals surface area contributed by atoms with E-state index in [0.29, 0.717) is 6.04 Å². The minimum Gasteiger partial charge on any atom is -0.345 e. The molecular formula is C32H40N6O. The van der Waals surface area contributed by atoms with Crippen LogP contribution in [0, 0.1) is 11.3 Å². The summed E-state index contributed by atoms with van der Waals surface area (Å²) < 4.78 is 0. The Morgan fingerprint density at radius 1 is 0.897 bits per heavy atom. The zero-order valence-corrected chi connectivity index (χ0v) is 23.9. The molecule has 204 valence electrons. The van der Waals surface area contributed by atoms with Gasteiger partial charge in [-0.25, -0.2) is 9.97 Å². The highest BCUT2D eigenvalue weighted by Crippen LogP contribution is 2.31. The van der Waals surface area contributed by atoms with Gasteiger partial charge in [0.1, 0.15) is 11.6 Å². The van der Waals surface area contributed by atoms with Gasteiger partial charge in [0.15, 0.2) is 0 Å². The molecule has 1 fully saturated rings. The topological polar surface area (TPSA) is 89.7 Å². The number of nitrogens with zero attached hydrogens (tertiary/aromatic N) is 3. The summed E-state index contributed by atoms with van der Waals surface area (Å²) in [5.41, 5.74) is 6.05. The fourth-order valence-corrected chi connectivity index (χ4v) is 5.14. The molecule has 3 N–H and O–H groups in total. The summed E-state index contributed by atoms with van der Waals surface area (Å²) in [5.74, 6) is 2.06. The van der Waals surface area contributed by atoms with Crippen LogP contribution in [0.15, 0.2) is 60.9 Å². The Kier molecular flexibility index (Phi) is 7.45. The molecule has 0 aliphatic carbocycles. The Bertz CT molecular complexity index is 1410. The van der Waals surface area contributed by atoms with Crippen molar-refractivity contribution < 1.29 is 4.79 Å². The van der Waals surface area contributed by atoms with Crippen molar-refractivity contribution in [2.45, 2.75) is 59.5 Å². The Balaban J connectivity index is 1.28. The van der Waals surface area contributed by atoms with Crippen LogP contribution in [-0.4, -0.2) is 44.3 Å². The number of carbonyl (C=O) groups excluding carboxylic acids is 1. The number of H-pyrrole nitrogens is 2. The molecule has 2 aromatic heterocycles. The smallest absolute Gasteiger partial charge is 0.225 e. The summed E-state index contributed by atoms with van der Waals surface area (Å²) in [6.07, 6.45) is 6.17. The molecule has 39 heavy (non-hydrogen) atoms. The van der Waals surface area contributed by atoms with Gasteiger partial charge in [-0.2, -0.15) is 0 Å². The molecule has 5 rings (SSSR count). The van der Waals surface area contributed by atoms with Crippen LogP contribution in [-0.2, 0) is 4.79 Å². The molecule has 7 nitrogen and oxygen atoms in total. The van der Waals surface area contributed by atoms with Gasteiger partial charge in [0.2, 0.25) is 5.91 Å². The highest BCUT2D eigenvalue weighted by Gasteiger charge is 2.28. The summed E-state index contributed by atoms with van der Waals surface area (Å²) in [5, 5.41) is 3.16. The molecule has 3 heterocycles. The highest BCUT2D eigenvalue weighted by atomic mass is 16.2. The first-order chi connectivity index (χ1) is 18.6. The molecule has 0 bridgehead atoms. The maximum atomic E-state index is 12.6. The summed E-state index contributed by atoms with van der Waals surface area (Å²) in [7, 11) is 2.17. The minimum atomic E-state index is -0.454. The molecule has 0 radical (unpaired) electrons. The number of nitrogens with one attached hydrogen (secondary N) is 3. The van der Waals surface area contributed by atoms with Gasteiger partial charge < -0.3 is 15.3 Å². The van der Waals surface area contributed by atoms with Gasteiger partial charge >= 0.3 is 0 Å². The lowest BCUT2D eigenvalue weighted by Gasteiger charge is -2.25. The zero-order chi connectivity index (χ0) is 27.7. The van der Waals surface area contributed by atoms with Crippen LogP contribution >= 0.6 is 0 Å². The lowest BCUT2D eigenvalue weighted by atomic mass is 9.94. The van der Waals surface area contributed by atoms with E-state index < -0.39 is 5.41 Å². The van der Waals surface area contributed by atoms with Crippen LogP contribution < -0.4 is 5.32 Å². The van der Waals surface area contributed by atoms with Crippen LogP contribution in [0.1, 0.15) is 71.2 Å².